The van der Waals surface area contributed by atoms with E-state index >= 15 is 0 Å². The van der Waals surface area contributed by atoms with Crippen molar-refractivity contribution in [2.24, 2.45) is 0 Å². The van der Waals surface area contributed by atoms with Gasteiger partial charge >= 0.3 is 5.97 Å². The number of nitrogens with zero attached hydrogens (tertiary/aromatic N) is 2. The minimum Gasteiger partial charge on any atom is -0.463 e. The summed E-state index contributed by atoms with van der Waals surface area (Å²) in [6, 6.07) is 0. The summed E-state index contributed by atoms with van der Waals surface area (Å²) in [7, 11) is 1.24. The Bertz CT molecular complexity index is 336. The third-order valence-electron chi connectivity index (χ3n) is 1.08. The molecule has 0 aliphatic rings. The average Bonchev–Trinajstić information content (AvgIpc) is 2.50. The molecule has 0 radical (unpaired) electrons. The number of carbonyl (C=O) groups is 2. The molecule has 1 amide bonds. The summed E-state index contributed by atoms with van der Waals surface area (Å²) in [6.07, 6.45) is 0. The van der Waals surface area contributed by atoms with Gasteiger partial charge in [-0.2, -0.15) is 9.36 Å². The summed E-state index contributed by atoms with van der Waals surface area (Å²) in [4.78, 5) is 25.2. The minimum absolute atomic E-state index is 0.0451. The molecule has 0 aromatic carbocycles. The number of nitrogens with one attached hydrogen (secondary N) is 1. The lowest BCUT2D eigenvalue weighted by molar-refractivity contribution is -0.114. The first kappa shape index (κ1) is 9.59. The lowest BCUT2D eigenvalue weighted by Gasteiger charge is -1.92. The third-order valence-corrected chi connectivity index (χ3v) is 1.71. The molecule has 0 saturated heterocycles. The highest BCUT2D eigenvalue weighted by atomic mass is 32.1. The minimum atomic E-state index is -0.618. The van der Waals surface area contributed by atoms with Gasteiger partial charge in [0.2, 0.25) is 11.0 Å². The fourth-order valence-electron chi connectivity index (χ4n) is 0.599. The van der Waals surface area contributed by atoms with Gasteiger partial charge in [-0.05, 0) is 0 Å². The van der Waals surface area contributed by atoms with E-state index in [4.69, 9.17) is 0 Å². The smallest absolute Gasteiger partial charge is 0.377 e. The number of amides is 1. The van der Waals surface area contributed by atoms with Gasteiger partial charge in [0.05, 0.1) is 7.11 Å². The molecule has 1 aromatic rings. The lowest BCUT2D eigenvalue weighted by atomic mass is 10.6. The van der Waals surface area contributed by atoms with Crippen molar-refractivity contribution >= 4 is 28.5 Å². The van der Waals surface area contributed by atoms with E-state index in [0.717, 1.165) is 11.5 Å². The summed E-state index contributed by atoms with van der Waals surface area (Å²) in [5, 5.41) is 2.69. The Hall–Kier alpha value is -1.50. The first-order chi connectivity index (χ1) is 6.13. The summed E-state index contributed by atoms with van der Waals surface area (Å²) < 4.78 is 8.07. The fraction of sp³-hybridized carbons (Fsp3) is 0.333. The molecule has 1 aromatic heterocycles. The van der Waals surface area contributed by atoms with Gasteiger partial charge < -0.3 is 10.1 Å². The molecule has 0 bridgehead atoms. The van der Waals surface area contributed by atoms with Gasteiger partial charge in [-0.15, -0.1) is 0 Å². The van der Waals surface area contributed by atoms with Crippen LogP contribution in [0.25, 0.3) is 0 Å². The molecule has 7 heteroatoms. The molecule has 0 saturated carbocycles. The number of rotatable bonds is 2. The van der Waals surface area contributed by atoms with E-state index < -0.39 is 5.97 Å². The Labute approximate surface area is 78.1 Å². The number of hydrogen-bond donors (Lipinski definition) is 1. The molecule has 1 rings (SSSR count). The van der Waals surface area contributed by atoms with Gasteiger partial charge in [0.15, 0.2) is 0 Å². The van der Waals surface area contributed by atoms with Crippen molar-refractivity contribution in [3.8, 4) is 0 Å². The molecular formula is C6H7N3O3S. The monoisotopic (exact) mass is 201 g/mol. The van der Waals surface area contributed by atoms with Gasteiger partial charge in [0, 0.05) is 18.5 Å². The topological polar surface area (TPSA) is 81.2 Å². The van der Waals surface area contributed by atoms with Crippen molar-refractivity contribution in [2.45, 2.75) is 6.92 Å². The third kappa shape index (κ3) is 2.48. The van der Waals surface area contributed by atoms with Crippen LogP contribution in [0.2, 0.25) is 0 Å². The highest BCUT2D eigenvalue weighted by Crippen LogP contribution is 2.10. The fourth-order valence-corrected chi connectivity index (χ4v) is 1.20. The summed E-state index contributed by atoms with van der Waals surface area (Å²) in [5.41, 5.74) is 0. The molecule has 0 spiro atoms. The Balaban J connectivity index is 2.74. The molecule has 1 N–H and O–H groups in total. The van der Waals surface area contributed by atoms with E-state index in [1.165, 1.54) is 14.0 Å². The Morgan fingerprint density at radius 3 is 2.77 bits per heavy atom. The maximum Gasteiger partial charge on any atom is 0.377 e. The average molecular weight is 201 g/mol. The summed E-state index contributed by atoms with van der Waals surface area (Å²) in [5.74, 6) is -0.920. The van der Waals surface area contributed by atoms with E-state index in [9.17, 15) is 9.59 Å². The summed E-state index contributed by atoms with van der Waals surface area (Å²) in [6.45, 7) is 1.35. The van der Waals surface area contributed by atoms with Crippen LogP contribution >= 0.6 is 11.5 Å². The normalized spacial score (nSPS) is 9.38. The molecule has 0 unspecified atom stereocenters. The first-order valence-corrected chi connectivity index (χ1v) is 4.10. The largest absolute Gasteiger partial charge is 0.463 e. The van der Waals surface area contributed by atoms with Crippen LogP contribution < -0.4 is 5.32 Å². The van der Waals surface area contributed by atoms with Crippen molar-refractivity contribution in [1.29, 1.82) is 0 Å². The van der Waals surface area contributed by atoms with Gasteiger partial charge in [0.1, 0.15) is 0 Å². The molecule has 1 heterocycles. The highest BCUT2D eigenvalue weighted by Gasteiger charge is 2.12. The number of methoxy groups -OCH3 is 1. The molecule has 0 aliphatic heterocycles. The van der Waals surface area contributed by atoms with Gasteiger partial charge in [-0.3, -0.25) is 4.79 Å². The maximum absolute atomic E-state index is 10.9. The van der Waals surface area contributed by atoms with Crippen molar-refractivity contribution in [3.63, 3.8) is 0 Å². The van der Waals surface area contributed by atoms with Gasteiger partial charge in [0.25, 0.3) is 5.82 Å². The molecule has 0 aliphatic carbocycles. The Kier molecular flexibility index (Phi) is 2.91. The zero-order valence-corrected chi connectivity index (χ0v) is 7.84. The van der Waals surface area contributed by atoms with Crippen molar-refractivity contribution in [3.05, 3.63) is 5.82 Å². The second kappa shape index (κ2) is 3.94. The van der Waals surface area contributed by atoms with Crippen molar-refractivity contribution in [1.82, 2.24) is 9.36 Å². The van der Waals surface area contributed by atoms with E-state index in [2.05, 4.69) is 19.4 Å². The molecule has 70 valence electrons. The SMILES string of the molecule is COC(=O)c1nsc(NC(C)=O)n1. The number of anilines is 1. The zero-order chi connectivity index (χ0) is 9.84. The van der Waals surface area contributed by atoms with Crippen LogP contribution in [0, 0.1) is 0 Å². The van der Waals surface area contributed by atoms with Crippen LogP contribution in [-0.2, 0) is 9.53 Å². The van der Waals surface area contributed by atoms with E-state index in [0.29, 0.717) is 0 Å². The number of hydrogen-bond acceptors (Lipinski definition) is 6. The lowest BCUT2D eigenvalue weighted by Crippen LogP contribution is -2.07. The molecule has 0 fully saturated rings. The Morgan fingerprint density at radius 2 is 2.23 bits per heavy atom. The van der Waals surface area contributed by atoms with E-state index in [1.807, 2.05) is 0 Å². The second-order valence-electron chi connectivity index (χ2n) is 2.10. The van der Waals surface area contributed by atoms with E-state index in [-0.39, 0.29) is 16.9 Å². The van der Waals surface area contributed by atoms with Crippen LogP contribution in [0.5, 0.6) is 0 Å². The molecule has 0 atom stereocenters. The Morgan fingerprint density at radius 1 is 1.54 bits per heavy atom. The van der Waals surface area contributed by atoms with Crippen molar-refractivity contribution < 1.29 is 14.3 Å². The number of ether oxygens (including phenoxy) is 1. The van der Waals surface area contributed by atoms with Gasteiger partial charge in [-0.25, -0.2) is 4.79 Å². The number of carbonyl (C=O) groups excluding carboxylic acids is 2. The first-order valence-electron chi connectivity index (χ1n) is 3.33. The standard InChI is InChI=1S/C6H7N3O3S/c1-3(10)7-6-8-4(9-13-6)5(11)12-2/h1-2H3,(H,7,8,9,10). The predicted molar refractivity (Wildman–Crippen MR) is 45.6 cm³/mol. The quantitative estimate of drug-likeness (QED) is 0.695. The second-order valence-corrected chi connectivity index (χ2v) is 2.85. The van der Waals surface area contributed by atoms with Crippen LogP contribution in [0.15, 0.2) is 0 Å². The maximum atomic E-state index is 10.9. The summed E-state index contributed by atoms with van der Waals surface area (Å²) >= 11 is 0.928. The number of aromatic nitrogens is 2. The van der Waals surface area contributed by atoms with Crippen LogP contribution in [-0.4, -0.2) is 28.3 Å². The van der Waals surface area contributed by atoms with Gasteiger partial charge in [-0.1, -0.05) is 0 Å². The van der Waals surface area contributed by atoms with Crippen molar-refractivity contribution in [2.75, 3.05) is 12.4 Å². The molecule has 13 heavy (non-hydrogen) atoms. The molecular weight excluding hydrogens is 194 g/mol. The highest BCUT2D eigenvalue weighted by molar-refractivity contribution is 7.10. The van der Waals surface area contributed by atoms with Crippen LogP contribution in [0.1, 0.15) is 17.5 Å². The number of esters is 1. The zero-order valence-electron chi connectivity index (χ0n) is 7.03. The molecule has 6 nitrogen and oxygen atoms in total. The predicted octanol–water partition coefficient (Wildman–Crippen LogP) is 0.283. The van der Waals surface area contributed by atoms with Crippen LogP contribution in [0.3, 0.4) is 0 Å². The van der Waals surface area contributed by atoms with Crippen LogP contribution in [0.4, 0.5) is 5.13 Å². The van der Waals surface area contributed by atoms with E-state index in [1.54, 1.807) is 0 Å².